The third-order valence-electron chi connectivity index (χ3n) is 2.21. The van der Waals surface area contributed by atoms with E-state index in [9.17, 15) is 5.11 Å². The molecule has 0 bridgehead atoms. The lowest BCUT2D eigenvalue weighted by Crippen LogP contribution is -2.00. The Morgan fingerprint density at radius 2 is 2.13 bits per heavy atom. The van der Waals surface area contributed by atoms with Gasteiger partial charge in [-0.05, 0) is 29.8 Å². The second-order valence-corrected chi connectivity index (χ2v) is 4.27. The van der Waals surface area contributed by atoms with Crippen molar-refractivity contribution in [3.05, 3.63) is 58.5 Å². The number of rotatable bonds is 3. The molecule has 1 heterocycles. The van der Waals surface area contributed by atoms with E-state index in [0.717, 1.165) is 15.8 Å². The predicted octanol–water partition coefficient (Wildman–Crippen LogP) is 3.32. The first kappa shape index (κ1) is 10.5. The topological polar surface area (TPSA) is 33.4 Å². The second kappa shape index (κ2) is 4.64. The minimum absolute atomic E-state index is 0.503. The maximum absolute atomic E-state index is 9.94. The molecular weight excluding hydrogens is 256 g/mol. The number of aliphatic hydroxyl groups excluding tert-OH is 1. The Balaban J connectivity index is 2.11. The Morgan fingerprint density at radius 3 is 2.80 bits per heavy atom. The van der Waals surface area contributed by atoms with Crippen LogP contribution in [0.3, 0.4) is 0 Å². The lowest BCUT2D eigenvalue weighted by molar-refractivity contribution is 0.170. The molecule has 0 radical (unpaired) electrons. The summed E-state index contributed by atoms with van der Waals surface area (Å²) in [4.78, 5) is 0. The van der Waals surface area contributed by atoms with Gasteiger partial charge in [-0.25, -0.2) is 0 Å². The summed E-state index contributed by atoms with van der Waals surface area (Å²) in [6.07, 6.45) is 1.60. The zero-order valence-corrected chi connectivity index (χ0v) is 9.65. The Kier molecular flexibility index (Phi) is 3.23. The van der Waals surface area contributed by atoms with Crippen molar-refractivity contribution in [2.75, 3.05) is 0 Å². The van der Waals surface area contributed by atoms with Crippen LogP contribution in [-0.4, -0.2) is 5.11 Å². The lowest BCUT2D eigenvalue weighted by atomic mass is 10.1. The molecule has 2 nitrogen and oxygen atoms in total. The average Bonchev–Trinajstić information content (AvgIpc) is 2.70. The molecule has 0 amide bonds. The molecule has 2 aromatic rings. The van der Waals surface area contributed by atoms with Crippen molar-refractivity contribution >= 4 is 15.9 Å². The maximum atomic E-state index is 9.94. The van der Waals surface area contributed by atoms with Crippen molar-refractivity contribution < 1.29 is 9.52 Å². The van der Waals surface area contributed by atoms with Crippen LogP contribution in [0.2, 0.25) is 0 Å². The normalized spacial score (nSPS) is 12.7. The summed E-state index contributed by atoms with van der Waals surface area (Å²) in [5.74, 6) is 0.794. The zero-order chi connectivity index (χ0) is 10.7. The zero-order valence-electron chi connectivity index (χ0n) is 8.06. The molecule has 0 fully saturated rings. The molecule has 78 valence electrons. The summed E-state index contributed by atoms with van der Waals surface area (Å²) in [6, 6.07) is 11.3. The van der Waals surface area contributed by atoms with E-state index < -0.39 is 6.10 Å². The van der Waals surface area contributed by atoms with Crippen LogP contribution in [0.1, 0.15) is 17.4 Å². The number of hydrogen-bond donors (Lipinski definition) is 1. The first-order valence-electron chi connectivity index (χ1n) is 4.71. The Bertz CT molecular complexity index is 423. The van der Waals surface area contributed by atoms with Crippen LogP contribution in [0.15, 0.2) is 51.6 Å². The maximum Gasteiger partial charge on any atom is 0.106 e. The van der Waals surface area contributed by atoms with Crippen molar-refractivity contribution in [3.8, 4) is 0 Å². The van der Waals surface area contributed by atoms with Gasteiger partial charge in [0, 0.05) is 10.9 Å². The lowest BCUT2D eigenvalue weighted by Gasteiger charge is -2.09. The third kappa shape index (κ3) is 2.70. The summed E-state index contributed by atoms with van der Waals surface area (Å²) in [5.41, 5.74) is 0.890. The van der Waals surface area contributed by atoms with Gasteiger partial charge in [-0.3, -0.25) is 0 Å². The highest BCUT2D eigenvalue weighted by Gasteiger charge is 2.10. The van der Waals surface area contributed by atoms with Crippen LogP contribution in [0.4, 0.5) is 0 Å². The van der Waals surface area contributed by atoms with Crippen LogP contribution in [0.25, 0.3) is 0 Å². The molecule has 1 N–H and O–H groups in total. The molecule has 0 aliphatic rings. The SMILES string of the molecule is OC(Cc1ccco1)c1cccc(Br)c1. The summed E-state index contributed by atoms with van der Waals surface area (Å²) in [5, 5.41) is 9.94. The van der Waals surface area contributed by atoms with Gasteiger partial charge in [0.05, 0.1) is 12.4 Å². The van der Waals surface area contributed by atoms with Crippen molar-refractivity contribution in [1.29, 1.82) is 0 Å². The second-order valence-electron chi connectivity index (χ2n) is 3.35. The standard InChI is InChI=1S/C12H11BrO2/c13-10-4-1-3-9(7-10)12(14)8-11-5-2-6-15-11/h1-7,12,14H,8H2. The fraction of sp³-hybridized carbons (Fsp3) is 0.167. The minimum atomic E-state index is -0.520. The van der Waals surface area contributed by atoms with Gasteiger partial charge in [0.25, 0.3) is 0 Å². The van der Waals surface area contributed by atoms with E-state index in [1.54, 1.807) is 6.26 Å². The third-order valence-corrected chi connectivity index (χ3v) is 2.70. The molecule has 1 aromatic carbocycles. The van der Waals surface area contributed by atoms with Crippen molar-refractivity contribution in [3.63, 3.8) is 0 Å². The van der Waals surface area contributed by atoms with E-state index in [4.69, 9.17) is 4.42 Å². The van der Waals surface area contributed by atoms with Gasteiger partial charge in [0.15, 0.2) is 0 Å². The minimum Gasteiger partial charge on any atom is -0.469 e. The van der Waals surface area contributed by atoms with Crippen molar-refractivity contribution in [2.24, 2.45) is 0 Å². The van der Waals surface area contributed by atoms with E-state index in [-0.39, 0.29) is 0 Å². The number of halogens is 1. The Morgan fingerprint density at radius 1 is 1.27 bits per heavy atom. The number of furan rings is 1. The monoisotopic (exact) mass is 266 g/mol. The summed E-state index contributed by atoms with van der Waals surface area (Å²) in [7, 11) is 0. The quantitative estimate of drug-likeness (QED) is 0.925. The Labute approximate surface area is 96.7 Å². The van der Waals surface area contributed by atoms with E-state index in [1.807, 2.05) is 36.4 Å². The van der Waals surface area contributed by atoms with Gasteiger partial charge < -0.3 is 9.52 Å². The van der Waals surface area contributed by atoms with Crippen LogP contribution in [0.5, 0.6) is 0 Å². The van der Waals surface area contributed by atoms with E-state index in [2.05, 4.69) is 15.9 Å². The molecule has 1 unspecified atom stereocenters. The first-order valence-corrected chi connectivity index (χ1v) is 5.51. The molecule has 15 heavy (non-hydrogen) atoms. The molecular formula is C12H11BrO2. The molecule has 1 aromatic heterocycles. The molecule has 0 aliphatic heterocycles. The molecule has 1 atom stereocenters. The molecule has 0 aliphatic carbocycles. The van der Waals surface area contributed by atoms with Gasteiger partial charge in [0.2, 0.25) is 0 Å². The van der Waals surface area contributed by atoms with E-state index in [1.165, 1.54) is 0 Å². The number of hydrogen-bond acceptors (Lipinski definition) is 2. The van der Waals surface area contributed by atoms with Crippen molar-refractivity contribution in [1.82, 2.24) is 0 Å². The fourth-order valence-electron chi connectivity index (χ4n) is 1.45. The highest BCUT2D eigenvalue weighted by molar-refractivity contribution is 9.10. The van der Waals surface area contributed by atoms with Crippen LogP contribution in [0, 0.1) is 0 Å². The smallest absolute Gasteiger partial charge is 0.106 e. The van der Waals surface area contributed by atoms with E-state index in [0.29, 0.717) is 6.42 Å². The molecule has 0 saturated heterocycles. The number of aliphatic hydroxyl groups is 1. The highest BCUT2D eigenvalue weighted by Crippen LogP contribution is 2.21. The molecule has 2 rings (SSSR count). The molecule has 3 heteroatoms. The molecule has 0 saturated carbocycles. The summed E-state index contributed by atoms with van der Waals surface area (Å²) in [6.45, 7) is 0. The van der Waals surface area contributed by atoms with Crippen LogP contribution >= 0.6 is 15.9 Å². The Hall–Kier alpha value is -1.06. The predicted molar refractivity (Wildman–Crippen MR) is 61.5 cm³/mol. The average molecular weight is 267 g/mol. The fourth-order valence-corrected chi connectivity index (χ4v) is 1.87. The largest absolute Gasteiger partial charge is 0.469 e. The number of benzene rings is 1. The van der Waals surface area contributed by atoms with Gasteiger partial charge in [-0.1, -0.05) is 28.1 Å². The van der Waals surface area contributed by atoms with Gasteiger partial charge >= 0.3 is 0 Å². The van der Waals surface area contributed by atoms with Crippen LogP contribution < -0.4 is 0 Å². The first-order chi connectivity index (χ1) is 7.25. The van der Waals surface area contributed by atoms with Crippen molar-refractivity contribution in [2.45, 2.75) is 12.5 Å². The summed E-state index contributed by atoms with van der Waals surface area (Å²) >= 11 is 3.37. The van der Waals surface area contributed by atoms with Gasteiger partial charge in [-0.15, -0.1) is 0 Å². The van der Waals surface area contributed by atoms with Crippen LogP contribution in [-0.2, 0) is 6.42 Å². The van der Waals surface area contributed by atoms with E-state index >= 15 is 0 Å². The molecule has 0 spiro atoms. The van der Waals surface area contributed by atoms with Gasteiger partial charge in [-0.2, -0.15) is 0 Å². The summed E-state index contributed by atoms with van der Waals surface area (Å²) < 4.78 is 6.15. The highest BCUT2D eigenvalue weighted by atomic mass is 79.9. The van der Waals surface area contributed by atoms with Gasteiger partial charge in [0.1, 0.15) is 5.76 Å².